The Morgan fingerprint density at radius 2 is 2.14 bits per heavy atom. The highest BCUT2D eigenvalue weighted by atomic mass is 32.2. The second-order valence-electron chi connectivity index (χ2n) is 5.41. The van der Waals surface area contributed by atoms with Gasteiger partial charge in [-0.15, -0.1) is 0 Å². The van der Waals surface area contributed by atoms with E-state index in [4.69, 9.17) is 22.7 Å². The molecule has 0 unspecified atom stereocenters. The molecule has 2 rings (SSSR count). The minimum atomic E-state index is -3.56. The lowest BCUT2D eigenvalue weighted by atomic mass is 9.80. The second-order valence-corrected chi connectivity index (χ2v) is 7.61. The van der Waals surface area contributed by atoms with E-state index in [1.807, 2.05) is 0 Å². The van der Waals surface area contributed by atoms with Gasteiger partial charge in [-0.05, 0) is 43.9 Å². The van der Waals surface area contributed by atoms with Crippen molar-refractivity contribution in [2.24, 2.45) is 5.73 Å². The molecule has 21 heavy (non-hydrogen) atoms. The number of nitrogens with one attached hydrogen (secondary N) is 1. The molecule has 0 spiro atoms. The van der Waals surface area contributed by atoms with Crippen molar-refractivity contribution in [1.29, 1.82) is 0 Å². The smallest absolute Gasteiger partial charge is 0.240 e. The third-order valence-corrected chi connectivity index (χ3v) is 5.67. The summed E-state index contributed by atoms with van der Waals surface area (Å²) in [7, 11) is -1.94. The van der Waals surface area contributed by atoms with Crippen LogP contribution in [0.1, 0.15) is 30.4 Å². The van der Waals surface area contributed by atoms with Gasteiger partial charge in [0.05, 0.1) is 10.5 Å². The molecule has 1 aromatic rings. The summed E-state index contributed by atoms with van der Waals surface area (Å²) in [6.45, 7) is 2.08. The van der Waals surface area contributed by atoms with E-state index in [0.29, 0.717) is 12.1 Å². The van der Waals surface area contributed by atoms with Crippen LogP contribution >= 0.6 is 12.2 Å². The summed E-state index contributed by atoms with van der Waals surface area (Å²) in [6.07, 6.45) is 2.83. The Labute approximate surface area is 130 Å². The third-order valence-electron chi connectivity index (χ3n) is 4.06. The molecule has 1 fully saturated rings. The van der Waals surface area contributed by atoms with Crippen molar-refractivity contribution in [3.8, 4) is 0 Å². The topological polar surface area (TPSA) is 81.4 Å². The molecule has 1 aromatic carbocycles. The maximum atomic E-state index is 12.3. The van der Waals surface area contributed by atoms with Crippen LogP contribution in [-0.2, 0) is 14.8 Å². The van der Waals surface area contributed by atoms with Gasteiger partial charge in [0.2, 0.25) is 10.0 Å². The first-order valence-electron chi connectivity index (χ1n) is 6.75. The Morgan fingerprint density at radius 1 is 1.48 bits per heavy atom. The second kappa shape index (κ2) is 6.00. The molecule has 3 N–H and O–H groups in total. The van der Waals surface area contributed by atoms with Gasteiger partial charge in [0.15, 0.2) is 0 Å². The van der Waals surface area contributed by atoms with E-state index in [1.165, 1.54) is 6.07 Å². The number of nitrogens with two attached hydrogens (primary N) is 1. The highest BCUT2D eigenvalue weighted by Crippen LogP contribution is 2.34. The largest absolute Gasteiger partial charge is 0.389 e. The van der Waals surface area contributed by atoms with Gasteiger partial charge in [0.1, 0.15) is 4.99 Å². The number of thiocarbonyl (C=S) groups is 1. The Morgan fingerprint density at radius 3 is 2.57 bits per heavy atom. The van der Waals surface area contributed by atoms with Gasteiger partial charge in [-0.3, -0.25) is 0 Å². The highest BCUT2D eigenvalue weighted by molar-refractivity contribution is 7.89. The molecule has 1 saturated carbocycles. The fraction of sp³-hybridized carbons (Fsp3) is 0.500. The van der Waals surface area contributed by atoms with E-state index in [1.54, 1.807) is 26.2 Å². The highest BCUT2D eigenvalue weighted by Gasteiger charge is 2.38. The minimum Gasteiger partial charge on any atom is -0.389 e. The van der Waals surface area contributed by atoms with Crippen molar-refractivity contribution in [2.75, 3.05) is 13.7 Å². The third kappa shape index (κ3) is 3.42. The minimum absolute atomic E-state index is 0.213. The van der Waals surface area contributed by atoms with E-state index in [-0.39, 0.29) is 15.5 Å². The average molecular weight is 328 g/mol. The standard InChI is InChI=1S/C14H20N2O3S2/c1-10-8-11(4-5-12(10)13(15)20)21(17,18)16-9-14(19-2)6-3-7-14/h4-5,8,16H,3,6-7,9H2,1-2H3,(H2,15,20). The molecule has 1 aliphatic carbocycles. The van der Waals surface area contributed by atoms with Crippen molar-refractivity contribution in [1.82, 2.24) is 4.72 Å². The quantitative estimate of drug-likeness (QED) is 0.773. The van der Waals surface area contributed by atoms with Crippen LogP contribution in [0.15, 0.2) is 23.1 Å². The molecule has 0 amide bonds. The molecule has 5 nitrogen and oxygen atoms in total. The molecule has 0 bridgehead atoms. The Balaban J connectivity index is 2.16. The van der Waals surface area contributed by atoms with Crippen molar-refractivity contribution >= 4 is 27.2 Å². The fourth-order valence-electron chi connectivity index (χ4n) is 2.41. The van der Waals surface area contributed by atoms with Gasteiger partial charge in [0, 0.05) is 19.2 Å². The van der Waals surface area contributed by atoms with E-state index >= 15 is 0 Å². The fourth-order valence-corrected chi connectivity index (χ4v) is 3.84. The van der Waals surface area contributed by atoms with E-state index in [9.17, 15) is 8.42 Å². The lowest BCUT2D eigenvalue weighted by Crippen LogP contribution is -2.49. The molecule has 0 saturated heterocycles. The number of aryl methyl sites for hydroxylation is 1. The predicted molar refractivity (Wildman–Crippen MR) is 85.8 cm³/mol. The number of rotatable bonds is 6. The molecule has 0 aromatic heterocycles. The molecule has 0 aliphatic heterocycles. The number of ether oxygens (including phenoxy) is 1. The first-order valence-corrected chi connectivity index (χ1v) is 8.64. The maximum absolute atomic E-state index is 12.3. The van der Waals surface area contributed by atoms with Gasteiger partial charge in [-0.25, -0.2) is 13.1 Å². The summed E-state index contributed by atoms with van der Waals surface area (Å²) in [5.74, 6) is 0. The SMILES string of the molecule is COC1(CNS(=O)(=O)c2ccc(C(N)=S)c(C)c2)CCC1. The molecule has 0 heterocycles. The average Bonchev–Trinajstić information content (AvgIpc) is 2.37. The molecular formula is C14H20N2O3S2. The van der Waals surface area contributed by atoms with Gasteiger partial charge >= 0.3 is 0 Å². The summed E-state index contributed by atoms with van der Waals surface area (Å²) in [6, 6.07) is 4.74. The zero-order valence-electron chi connectivity index (χ0n) is 12.2. The van der Waals surface area contributed by atoms with Crippen LogP contribution in [0.2, 0.25) is 0 Å². The Bertz CT molecular complexity index is 647. The first-order chi connectivity index (χ1) is 9.80. The summed E-state index contributed by atoms with van der Waals surface area (Å²) >= 11 is 4.92. The number of methoxy groups -OCH3 is 1. The zero-order valence-corrected chi connectivity index (χ0v) is 13.8. The van der Waals surface area contributed by atoms with Crippen molar-refractivity contribution < 1.29 is 13.2 Å². The van der Waals surface area contributed by atoms with Gasteiger partial charge in [0.25, 0.3) is 0 Å². The van der Waals surface area contributed by atoms with Crippen molar-refractivity contribution in [3.05, 3.63) is 29.3 Å². The number of hydrogen-bond acceptors (Lipinski definition) is 4. The molecule has 0 radical (unpaired) electrons. The van der Waals surface area contributed by atoms with Crippen LogP contribution in [-0.4, -0.2) is 32.7 Å². The predicted octanol–water partition coefficient (Wildman–Crippen LogP) is 1.48. The summed E-state index contributed by atoms with van der Waals surface area (Å²) in [5, 5.41) is 0. The normalized spacial score (nSPS) is 17.2. The molecule has 116 valence electrons. The van der Waals surface area contributed by atoms with Crippen LogP contribution in [0.5, 0.6) is 0 Å². The van der Waals surface area contributed by atoms with E-state index < -0.39 is 10.0 Å². The van der Waals surface area contributed by atoms with Crippen LogP contribution in [0.25, 0.3) is 0 Å². The molecule has 0 atom stereocenters. The lowest BCUT2D eigenvalue weighted by molar-refractivity contribution is -0.0659. The number of benzene rings is 1. The van der Waals surface area contributed by atoms with Crippen LogP contribution in [0.3, 0.4) is 0 Å². The van der Waals surface area contributed by atoms with Crippen LogP contribution in [0.4, 0.5) is 0 Å². The molecule has 7 heteroatoms. The monoisotopic (exact) mass is 328 g/mol. The summed E-state index contributed by atoms with van der Waals surface area (Å²) < 4.78 is 32.7. The van der Waals surface area contributed by atoms with Crippen LogP contribution < -0.4 is 10.5 Å². The summed E-state index contributed by atoms with van der Waals surface area (Å²) in [5.41, 5.74) is 6.67. The van der Waals surface area contributed by atoms with E-state index in [2.05, 4.69) is 4.72 Å². The maximum Gasteiger partial charge on any atom is 0.240 e. The first kappa shape index (κ1) is 16.4. The molecular weight excluding hydrogens is 308 g/mol. The van der Waals surface area contributed by atoms with E-state index in [0.717, 1.165) is 24.8 Å². The van der Waals surface area contributed by atoms with Gasteiger partial charge in [-0.1, -0.05) is 18.3 Å². The number of sulfonamides is 1. The number of hydrogen-bond donors (Lipinski definition) is 2. The zero-order chi connectivity index (χ0) is 15.7. The van der Waals surface area contributed by atoms with Crippen molar-refractivity contribution in [3.63, 3.8) is 0 Å². The molecule has 1 aliphatic rings. The van der Waals surface area contributed by atoms with Gasteiger partial charge in [-0.2, -0.15) is 0 Å². The van der Waals surface area contributed by atoms with Crippen molar-refractivity contribution in [2.45, 2.75) is 36.7 Å². The lowest BCUT2D eigenvalue weighted by Gasteiger charge is -2.40. The van der Waals surface area contributed by atoms with Crippen LogP contribution in [0, 0.1) is 6.92 Å². The summed E-state index contributed by atoms with van der Waals surface area (Å²) in [4.78, 5) is 0.475. The Kier molecular flexibility index (Phi) is 4.67. The Hall–Kier alpha value is -1.02. The van der Waals surface area contributed by atoms with Gasteiger partial charge < -0.3 is 10.5 Å².